The molecule has 0 aliphatic rings. The van der Waals surface area contributed by atoms with Crippen molar-refractivity contribution >= 4 is 29.6 Å². The van der Waals surface area contributed by atoms with Crippen LogP contribution in [0, 0.1) is 6.92 Å². The molecule has 2 aromatic rings. The molecule has 0 aromatic heterocycles. The van der Waals surface area contributed by atoms with E-state index in [0.29, 0.717) is 0 Å². The van der Waals surface area contributed by atoms with Gasteiger partial charge in [-0.15, -0.1) is 0 Å². The fourth-order valence-electron chi connectivity index (χ4n) is 1.39. The molecule has 0 aliphatic carbocycles. The van der Waals surface area contributed by atoms with Crippen molar-refractivity contribution in [1.82, 2.24) is 0 Å². The van der Waals surface area contributed by atoms with Crippen molar-refractivity contribution in [2.24, 2.45) is 0 Å². The molecule has 0 heterocycles. The van der Waals surface area contributed by atoms with Gasteiger partial charge < -0.3 is 0 Å². The summed E-state index contributed by atoms with van der Waals surface area (Å²) in [4.78, 5) is 0. The van der Waals surface area contributed by atoms with Crippen molar-refractivity contribution in [3.8, 4) is 0 Å². The third kappa shape index (κ3) is 1.55. The first-order valence-electron chi connectivity index (χ1n) is 3.82. The van der Waals surface area contributed by atoms with Crippen LogP contribution in [-0.4, -0.2) is 18.9 Å². The maximum absolute atomic E-state index is 2.16. The predicted molar refractivity (Wildman–Crippen MR) is 55.8 cm³/mol. The summed E-state index contributed by atoms with van der Waals surface area (Å²) < 4.78 is 0. The number of rotatable bonds is 0. The molecule has 2 rings (SSSR count). The first-order valence-corrected chi connectivity index (χ1v) is 3.82. The molecule has 0 radical (unpaired) electrons. The van der Waals surface area contributed by atoms with Crippen LogP contribution in [0.1, 0.15) is 5.56 Å². The first-order chi connectivity index (χ1) is 5.38. The second-order valence-electron chi connectivity index (χ2n) is 2.80. The van der Waals surface area contributed by atoms with Gasteiger partial charge >= 0.3 is 18.9 Å². The van der Waals surface area contributed by atoms with Gasteiger partial charge in [0, 0.05) is 0 Å². The quantitative estimate of drug-likeness (QED) is 0.506. The predicted octanol–water partition coefficient (Wildman–Crippen LogP) is 2.50. The summed E-state index contributed by atoms with van der Waals surface area (Å²) in [6.45, 7) is 2.14. The number of hydrogen-bond donors (Lipinski definition) is 0. The molecule has 0 nitrogen and oxygen atoms in total. The van der Waals surface area contributed by atoms with Crippen molar-refractivity contribution in [1.29, 1.82) is 0 Å². The summed E-state index contributed by atoms with van der Waals surface area (Å²) in [5.74, 6) is 0. The maximum atomic E-state index is 2.16. The van der Waals surface area contributed by atoms with Crippen LogP contribution in [-0.2, 0) is 0 Å². The zero-order valence-corrected chi connectivity index (χ0v) is 6.54. The summed E-state index contributed by atoms with van der Waals surface area (Å²) >= 11 is 0. The summed E-state index contributed by atoms with van der Waals surface area (Å²) in [6.07, 6.45) is 0. The van der Waals surface area contributed by atoms with Crippen molar-refractivity contribution < 1.29 is 0 Å². The van der Waals surface area contributed by atoms with Crippen LogP contribution in [0.3, 0.4) is 0 Å². The van der Waals surface area contributed by atoms with Crippen LogP contribution < -0.4 is 0 Å². The van der Waals surface area contributed by atoms with Gasteiger partial charge in [-0.3, -0.25) is 0 Å². The van der Waals surface area contributed by atoms with Crippen LogP contribution in [0.4, 0.5) is 0 Å². The number of aryl methyl sites for hydroxylation is 1. The summed E-state index contributed by atoms with van der Waals surface area (Å²) in [5.41, 5.74) is 1.35. The Morgan fingerprint density at radius 1 is 0.833 bits per heavy atom. The van der Waals surface area contributed by atoms with E-state index in [1.54, 1.807) is 0 Å². The molecule has 0 amide bonds. The van der Waals surface area contributed by atoms with Crippen molar-refractivity contribution in [3.05, 3.63) is 48.0 Å². The Morgan fingerprint density at radius 3 is 2.25 bits per heavy atom. The van der Waals surface area contributed by atoms with Crippen molar-refractivity contribution in [3.63, 3.8) is 0 Å². The van der Waals surface area contributed by atoms with Gasteiger partial charge in [0.25, 0.3) is 0 Å². The Kier molecular flexibility index (Phi) is 2.98. The van der Waals surface area contributed by atoms with Crippen molar-refractivity contribution in [2.75, 3.05) is 0 Å². The van der Waals surface area contributed by atoms with Crippen LogP contribution in [0.25, 0.3) is 10.8 Å². The fraction of sp³-hybridized carbons (Fsp3) is 0.0909. The van der Waals surface area contributed by atoms with Crippen LogP contribution in [0.5, 0.6) is 0 Å². The van der Waals surface area contributed by atoms with Gasteiger partial charge in [0.2, 0.25) is 0 Å². The molecular formula is C11H11Li. The van der Waals surface area contributed by atoms with E-state index in [0.717, 1.165) is 0 Å². The summed E-state index contributed by atoms with van der Waals surface area (Å²) in [6, 6.07) is 14.8. The molecule has 0 bridgehead atoms. The number of benzene rings is 2. The van der Waals surface area contributed by atoms with Crippen molar-refractivity contribution in [2.45, 2.75) is 6.92 Å². The molecule has 56 valence electrons. The second-order valence-corrected chi connectivity index (χ2v) is 2.80. The summed E-state index contributed by atoms with van der Waals surface area (Å²) in [5, 5.41) is 2.68. The average molecular weight is 150 g/mol. The van der Waals surface area contributed by atoms with Gasteiger partial charge in [-0.25, -0.2) is 0 Å². The Bertz CT molecular complexity index is 374. The van der Waals surface area contributed by atoms with Gasteiger partial charge in [-0.05, 0) is 23.3 Å². The van der Waals surface area contributed by atoms with E-state index in [4.69, 9.17) is 0 Å². The third-order valence-electron chi connectivity index (χ3n) is 2.01. The minimum absolute atomic E-state index is 0. The van der Waals surface area contributed by atoms with E-state index in [1.807, 2.05) is 0 Å². The Labute approximate surface area is 84.8 Å². The molecule has 0 saturated heterocycles. The topological polar surface area (TPSA) is 0 Å². The number of fused-ring (bicyclic) bond motifs is 1. The van der Waals surface area contributed by atoms with Crippen LogP contribution in [0.2, 0.25) is 0 Å². The normalized spacial score (nSPS) is 9.42. The first kappa shape index (κ1) is 9.39. The van der Waals surface area contributed by atoms with E-state index in [2.05, 4.69) is 49.4 Å². The fourth-order valence-corrected chi connectivity index (χ4v) is 1.39. The molecule has 12 heavy (non-hydrogen) atoms. The van der Waals surface area contributed by atoms with Gasteiger partial charge in [-0.1, -0.05) is 42.5 Å². The monoisotopic (exact) mass is 150 g/mol. The Morgan fingerprint density at radius 2 is 1.50 bits per heavy atom. The zero-order chi connectivity index (χ0) is 7.68. The Balaban J connectivity index is 0.000000720. The Hall–Kier alpha value is -0.703. The molecule has 0 N–H and O–H groups in total. The van der Waals surface area contributed by atoms with Gasteiger partial charge in [-0.2, -0.15) is 0 Å². The van der Waals surface area contributed by atoms with Gasteiger partial charge in [0.05, 0.1) is 0 Å². The molecular weight excluding hydrogens is 139 g/mol. The average Bonchev–Trinajstić information content (AvgIpc) is 2.06. The third-order valence-corrected chi connectivity index (χ3v) is 2.01. The molecule has 2 aromatic carbocycles. The zero-order valence-electron chi connectivity index (χ0n) is 6.54. The SMILES string of the molecule is Cc1cccc2ccccc12.[LiH]. The van der Waals surface area contributed by atoms with E-state index in [9.17, 15) is 0 Å². The molecule has 0 spiro atoms. The van der Waals surface area contributed by atoms with Crippen LogP contribution >= 0.6 is 0 Å². The van der Waals surface area contributed by atoms with E-state index >= 15 is 0 Å². The molecule has 0 atom stereocenters. The van der Waals surface area contributed by atoms with E-state index in [-0.39, 0.29) is 18.9 Å². The van der Waals surface area contributed by atoms with Crippen LogP contribution in [0.15, 0.2) is 42.5 Å². The minimum atomic E-state index is 0. The second kappa shape index (κ2) is 3.80. The van der Waals surface area contributed by atoms with E-state index < -0.39 is 0 Å². The molecule has 0 saturated carbocycles. The molecule has 0 fully saturated rings. The molecule has 0 unspecified atom stereocenters. The van der Waals surface area contributed by atoms with Gasteiger partial charge in [0.1, 0.15) is 0 Å². The van der Waals surface area contributed by atoms with E-state index in [1.165, 1.54) is 16.3 Å². The molecule has 0 aliphatic heterocycles. The molecule has 1 heteroatoms. The number of hydrogen-bond acceptors (Lipinski definition) is 0. The standard InChI is InChI=1S/C11H10.Li.H/c1-9-5-4-7-10-6-2-3-8-11(9)10;;/h2-8H,1H3;;. The summed E-state index contributed by atoms with van der Waals surface area (Å²) in [7, 11) is 0. The van der Waals surface area contributed by atoms with Gasteiger partial charge in [0.15, 0.2) is 0 Å².